The highest BCUT2D eigenvalue weighted by Crippen LogP contribution is 2.25. The number of nitrogens with one attached hydrogen (secondary N) is 1. The summed E-state index contributed by atoms with van der Waals surface area (Å²) in [6.07, 6.45) is 4.62. The van der Waals surface area contributed by atoms with Gasteiger partial charge in [0, 0.05) is 6.04 Å². The van der Waals surface area contributed by atoms with Gasteiger partial charge in [0.2, 0.25) is 0 Å². The lowest BCUT2D eigenvalue weighted by molar-refractivity contribution is 0.600. The Kier molecular flexibility index (Phi) is 5.61. The van der Waals surface area contributed by atoms with Crippen LogP contribution in [0.3, 0.4) is 0 Å². The quantitative estimate of drug-likeness (QED) is 0.704. The molecule has 0 heterocycles. The fourth-order valence-corrected chi connectivity index (χ4v) is 1.87. The van der Waals surface area contributed by atoms with Crippen molar-refractivity contribution in [3.8, 4) is 0 Å². The molecule has 0 aromatic heterocycles. The van der Waals surface area contributed by atoms with Gasteiger partial charge in [0.25, 0.3) is 0 Å². The second-order valence-corrected chi connectivity index (χ2v) is 4.55. The van der Waals surface area contributed by atoms with E-state index in [-0.39, 0.29) is 11.9 Å². The highest BCUT2D eigenvalue weighted by molar-refractivity contribution is 6.33. The van der Waals surface area contributed by atoms with E-state index in [4.69, 9.17) is 11.6 Å². The topological polar surface area (TPSA) is 12.0 Å². The molecule has 0 radical (unpaired) electrons. The number of anilines is 1. The molecular weight excluding hydrogens is 225 g/mol. The highest BCUT2D eigenvalue weighted by Gasteiger charge is 2.09. The van der Waals surface area contributed by atoms with Crippen molar-refractivity contribution in [3.63, 3.8) is 0 Å². The van der Waals surface area contributed by atoms with E-state index < -0.39 is 0 Å². The zero-order chi connectivity index (χ0) is 12.0. The molecule has 1 aromatic rings. The molecule has 90 valence electrons. The summed E-state index contributed by atoms with van der Waals surface area (Å²) in [6.45, 7) is 4.23. The van der Waals surface area contributed by atoms with E-state index >= 15 is 0 Å². The molecule has 1 atom stereocenters. The molecule has 3 heteroatoms. The predicted molar refractivity (Wildman–Crippen MR) is 68.6 cm³/mol. The Bertz CT molecular complexity index is 307. The van der Waals surface area contributed by atoms with Gasteiger partial charge in [-0.1, -0.05) is 43.9 Å². The lowest BCUT2D eigenvalue weighted by Gasteiger charge is -2.16. The molecule has 0 aliphatic rings. The third kappa shape index (κ3) is 4.01. The minimum atomic E-state index is -0.283. The highest BCUT2D eigenvalue weighted by atomic mass is 35.5. The minimum Gasteiger partial charge on any atom is -0.379 e. The van der Waals surface area contributed by atoms with Crippen molar-refractivity contribution >= 4 is 17.3 Å². The van der Waals surface area contributed by atoms with E-state index in [2.05, 4.69) is 19.2 Å². The standard InChI is InChI=1S/C13H19ClFN/c1-3-4-5-7-10(2)16-13-11(14)8-6-9-12(13)15/h6,8-10,16H,3-5,7H2,1-2H3. The zero-order valence-corrected chi connectivity index (χ0v) is 10.6. The lowest BCUT2D eigenvalue weighted by atomic mass is 10.1. The van der Waals surface area contributed by atoms with E-state index in [9.17, 15) is 4.39 Å². The maximum atomic E-state index is 13.5. The third-order valence-corrected chi connectivity index (χ3v) is 2.91. The fraction of sp³-hybridized carbons (Fsp3) is 0.538. The van der Waals surface area contributed by atoms with Crippen LogP contribution in [0.25, 0.3) is 0 Å². The molecule has 1 nitrogen and oxygen atoms in total. The number of halogens is 2. The van der Waals surface area contributed by atoms with Crippen LogP contribution in [0.5, 0.6) is 0 Å². The molecule has 1 unspecified atom stereocenters. The van der Waals surface area contributed by atoms with Gasteiger partial charge in [0.05, 0.1) is 10.7 Å². The van der Waals surface area contributed by atoms with Crippen LogP contribution in [0.15, 0.2) is 18.2 Å². The van der Waals surface area contributed by atoms with Crippen LogP contribution in [-0.2, 0) is 0 Å². The summed E-state index contributed by atoms with van der Waals surface area (Å²) in [6, 6.07) is 4.99. The van der Waals surface area contributed by atoms with Crippen LogP contribution in [0.4, 0.5) is 10.1 Å². The Morgan fingerprint density at radius 1 is 1.38 bits per heavy atom. The summed E-state index contributed by atoms with van der Waals surface area (Å²) < 4.78 is 13.5. The molecule has 0 saturated carbocycles. The molecular formula is C13H19ClFN. The van der Waals surface area contributed by atoms with Crippen molar-refractivity contribution in [3.05, 3.63) is 29.0 Å². The van der Waals surface area contributed by atoms with Gasteiger partial charge in [-0.2, -0.15) is 0 Å². The Morgan fingerprint density at radius 3 is 2.75 bits per heavy atom. The Balaban J connectivity index is 2.52. The fourth-order valence-electron chi connectivity index (χ4n) is 1.65. The first-order valence-electron chi connectivity index (χ1n) is 5.85. The molecule has 1 N–H and O–H groups in total. The van der Waals surface area contributed by atoms with Crippen molar-refractivity contribution in [1.29, 1.82) is 0 Å². The molecule has 16 heavy (non-hydrogen) atoms. The van der Waals surface area contributed by atoms with Gasteiger partial charge in [-0.05, 0) is 25.5 Å². The molecule has 0 amide bonds. The summed E-state index contributed by atoms with van der Waals surface area (Å²) in [5.41, 5.74) is 0.424. The van der Waals surface area contributed by atoms with Gasteiger partial charge in [-0.3, -0.25) is 0 Å². The average molecular weight is 244 g/mol. The zero-order valence-electron chi connectivity index (χ0n) is 9.89. The first-order valence-corrected chi connectivity index (χ1v) is 6.23. The van der Waals surface area contributed by atoms with Crippen molar-refractivity contribution in [2.45, 2.75) is 45.6 Å². The lowest BCUT2D eigenvalue weighted by Crippen LogP contribution is -2.16. The Hall–Kier alpha value is -0.760. The van der Waals surface area contributed by atoms with E-state index in [1.54, 1.807) is 12.1 Å². The number of rotatable bonds is 6. The van der Waals surface area contributed by atoms with Gasteiger partial charge in [-0.25, -0.2) is 4.39 Å². The summed E-state index contributed by atoms with van der Waals surface area (Å²) in [5.74, 6) is -0.283. The van der Waals surface area contributed by atoms with Crippen molar-refractivity contribution in [1.82, 2.24) is 0 Å². The van der Waals surface area contributed by atoms with Crippen LogP contribution >= 0.6 is 11.6 Å². The maximum absolute atomic E-state index is 13.5. The smallest absolute Gasteiger partial charge is 0.147 e. The normalized spacial score (nSPS) is 12.5. The van der Waals surface area contributed by atoms with E-state index in [1.807, 2.05) is 0 Å². The molecule has 0 fully saturated rings. The largest absolute Gasteiger partial charge is 0.379 e. The van der Waals surface area contributed by atoms with E-state index in [0.29, 0.717) is 10.7 Å². The minimum absolute atomic E-state index is 0.251. The molecule has 1 aromatic carbocycles. The number of unbranched alkanes of at least 4 members (excludes halogenated alkanes) is 2. The van der Waals surface area contributed by atoms with Gasteiger partial charge in [-0.15, -0.1) is 0 Å². The number of benzene rings is 1. The van der Waals surface area contributed by atoms with Gasteiger partial charge in [0.15, 0.2) is 0 Å². The predicted octanol–water partition coefficient (Wildman–Crippen LogP) is 4.86. The Labute approximate surface area is 102 Å². The first-order chi connectivity index (χ1) is 7.65. The number of hydrogen-bond acceptors (Lipinski definition) is 1. The number of para-hydroxylation sites is 1. The average Bonchev–Trinajstić information content (AvgIpc) is 2.24. The van der Waals surface area contributed by atoms with E-state index in [1.165, 1.54) is 18.9 Å². The molecule has 0 saturated heterocycles. The van der Waals surface area contributed by atoms with Crippen LogP contribution in [-0.4, -0.2) is 6.04 Å². The van der Waals surface area contributed by atoms with Crippen molar-refractivity contribution in [2.24, 2.45) is 0 Å². The van der Waals surface area contributed by atoms with Crippen LogP contribution in [0.1, 0.15) is 39.5 Å². The molecule has 1 rings (SSSR count). The monoisotopic (exact) mass is 243 g/mol. The summed E-state index contributed by atoms with van der Waals surface area (Å²) >= 11 is 5.93. The molecule has 0 aliphatic carbocycles. The summed E-state index contributed by atoms with van der Waals surface area (Å²) in [5, 5.41) is 3.58. The van der Waals surface area contributed by atoms with E-state index in [0.717, 1.165) is 12.8 Å². The van der Waals surface area contributed by atoms with Crippen molar-refractivity contribution < 1.29 is 4.39 Å². The molecule has 0 spiro atoms. The first kappa shape index (κ1) is 13.3. The summed E-state index contributed by atoms with van der Waals surface area (Å²) in [4.78, 5) is 0. The Morgan fingerprint density at radius 2 is 2.12 bits per heavy atom. The van der Waals surface area contributed by atoms with Crippen molar-refractivity contribution in [2.75, 3.05) is 5.32 Å². The SMILES string of the molecule is CCCCCC(C)Nc1c(F)cccc1Cl. The molecule has 0 bridgehead atoms. The van der Waals surface area contributed by atoms with Gasteiger partial charge >= 0.3 is 0 Å². The summed E-state index contributed by atoms with van der Waals surface area (Å²) in [7, 11) is 0. The van der Waals surface area contributed by atoms with Crippen LogP contribution < -0.4 is 5.32 Å². The second-order valence-electron chi connectivity index (χ2n) is 4.14. The maximum Gasteiger partial charge on any atom is 0.147 e. The van der Waals surface area contributed by atoms with Crippen LogP contribution in [0, 0.1) is 5.82 Å². The van der Waals surface area contributed by atoms with Gasteiger partial charge < -0.3 is 5.32 Å². The molecule has 0 aliphatic heterocycles. The van der Waals surface area contributed by atoms with Gasteiger partial charge in [0.1, 0.15) is 5.82 Å². The van der Waals surface area contributed by atoms with Crippen LogP contribution in [0.2, 0.25) is 5.02 Å². The third-order valence-electron chi connectivity index (χ3n) is 2.59. The second kappa shape index (κ2) is 6.74. The number of hydrogen-bond donors (Lipinski definition) is 1.